The lowest BCUT2D eigenvalue weighted by molar-refractivity contribution is 0.120. The molecule has 0 aromatic carbocycles. The quantitative estimate of drug-likeness (QED) is 0.914. The van der Waals surface area contributed by atoms with Gasteiger partial charge in [0.2, 0.25) is 0 Å². The topological polar surface area (TPSA) is 15.3 Å². The number of halogens is 1. The Labute approximate surface area is 117 Å². The van der Waals surface area contributed by atoms with E-state index in [2.05, 4.69) is 50.9 Å². The molecule has 4 heteroatoms. The van der Waals surface area contributed by atoms with Gasteiger partial charge in [-0.15, -0.1) is 0 Å². The van der Waals surface area contributed by atoms with Gasteiger partial charge in [-0.2, -0.15) is 11.3 Å². The van der Waals surface area contributed by atoms with Crippen LogP contribution in [0, 0.1) is 5.92 Å². The summed E-state index contributed by atoms with van der Waals surface area (Å²) in [7, 11) is 2.26. The van der Waals surface area contributed by atoms with Gasteiger partial charge >= 0.3 is 0 Å². The predicted molar refractivity (Wildman–Crippen MR) is 78.7 cm³/mol. The molecule has 0 aliphatic carbocycles. The summed E-state index contributed by atoms with van der Waals surface area (Å²) in [5.74, 6) is 0.736. The molecule has 1 aromatic rings. The summed E-state index contributed by atoms with van der Waals surface area (Å²) in [6, 6.07) is 0.573. The van der Waals surface area contributed by atoms with E-state index >= 15 is 0 Å². The van der Waals surface area contributed by atoms with E-state index in [1.807, 2.05) is 0 Å². The molecule has 1 fully saturated rings. The van der Waals surface area contributed by atoms with Crippen molar-refractivity contribution in [3.8, 4) is 0 Å². The third kappa shape index (κ3) is 3.11. The number of rotatable bonds is 4. The number of likely N-dealkylation sites (tertiary alicyclic amines) is 1. The normalized spacial score (nSPS) is 26.3. The molecule has 0 amide bonds. The van der Waals surface area contributed by atoms with Gasteiger partial charge in [0.1, 0.15) is 0 Å². The van der Waals surface area contributed by atoms with Crippen molar-refractivity contribution >= 4 is 27.3 Å². The van der Waals surface area contributed by atoms with Crippen molar-refractivity contribution in [1.29, 1.82) is 0 Å². The highest BCUT2D eigenvalue weighted by atomic mass is 79.9. The Morgan fingerprint density at radius 2 is 2.35 bits per heavy atom. The number of thiophene rings is 1. The van der Waals surface area contributed by atoms with Crippen LogP contribution in [0.2, 0.25) is 0 Å². The first-order valence-electron chi connectivity index (χ1n) is 6.36. The van der Waals surface area contributed by atoms with Crippen LogP contribution in [0.25, 0.3) is 0 Å². The molecule has 1 saturated heterocycles. The highest BCUT2D eigenvalue weighted by Crippen LogP contribution is 2.39. The molecule has 0 bridgehead atoms. The number of hydrogen-bond acceptors (Lipinski definition) is 3. The summed E-state index contributed by atoms with van der Waals surface area (Å²) in [5.41, 5.74) is 1.47. The van der Waals surface area contributed by atoms with Gasteiger partial charge in [-0.05, 0) is 72.3 Å². The smallest absolute Gasteiger partial charge is 0.0404 e. The van der Waals surface area contributed by atoms with Gasteiger partial charge < -0.3 is 5.32 Å². The Bertz CT molecular complexity index is 353. The lowest BCUT2D eigenvalue weighted by Gasteiger charge is -2.39. The molecule has 17 heavy (non-hydrogen) atoms. The summed E-state index contributed by atoms with van der Waals surface area (Å²) in [6.45, 7) is 5.60. The fourth-order valence-corrected chi connectivity index (χ4v) is 4.36. The van der Waals surface area contributed by atoms with Crippen molar-refractivity contribution in [3.63, 3.8) is 0 Å². The lowest BCUT2D eigenvalue weighted by atomic mass is 9.86. The van der Waals surface area contributed by atoms with E-state index in [-0.39, 0.29) is 0 Å². The van der Waals surface area contributed by atoms with Crippen molar-refractivity contribution in [3.05, 3.63) is 20.8 Å². The number of piperidine rings is 1. The number of hydrogen-bond donors (Lipinski definition) is 1. The van der Waals surface area contributed by atoms with E-state index < -0.39 is 0 Å². The van der Waals surface area contributed by atoms with E-state index in [9.17, 15) is 0 Å². The lowest BCUT2D eigenvalue weighted by Crippen LogP contribution is -2.40. The molecular weight excluding hydrogens is 296 g/mol. The van der Waals surface area contributed by atoms with Crippen LogP contribution in [0.15, 0.2) is 15.2 Å². The predicted octanol–water partition coefficient (Wildman–Crippen LogP) is 3.50. The standard InChI is InChI=1S/C13H21BrN2S/c1-3-15-7-10-5-4-6-16(2)13(10)11-8-17-9-12(11)14/h8-10,13,15H,3-7H2,1-2H3. The molecule has 2 heterocycles. The van der Waals surface area contributed by atoms with Gasteiger partial charge in [0.25, 0.3) is 0 Å². The van der Waals surface area contributed by atoms with E-state index in [4.69, 9.17) is 0 Å². The van der Waals surface area contributed by atoms with Gasteiger partial charge in [0.15, 0.2) is 0 Å². The van der Waals surface area contributed by atoms with E-state index in [0.717, 1.165) is 19.0 Å². The van der Waals surface area contributed by atoms with Gasteiger partial charge in [-0.1, -0.05) is 6.92 Å². The first-order chi connectivity index (χ1) is 8.24. The zero-order valence-electron chi connectivity index (χ0n) is 10.6. The van der Waals surface area contributed by atoms with Crippen LogP contribution in [-0.2, 0) is 0 Å². The van der Waals surface area contributed by atoms with Crippen LogP contribution in [0.5, 0.6) is 0 Å². The Morgan fingerprint density at radius 3 is 3.00 bits per heavy atom. The molecule has 2 atom stereocenters. The molecule has 1 aliphatic rings. The average Bonchev–Trinajstić information content (AvgIpc) is 2.73. The maximum Gasteiger partial charge on any atom is 0.0404 e. The van der Waals surface area contributed by atoms with Crippen molar-refractivity contribution in [2.75, 3.05) is 26.7 Å². The average molecular weight is 317 g/mol. The molecule has 0 radical (unpaired) electrons. The summed E-state index contributed by atoms with van der Waals surface area (Å²) in [5, 5.41) is 8.01. The first kappa shape index (κ1) is 13.5. The van der Waals surface area contributed by atoms with Gasteiger partial charge in [-0.25, -0.2) is 0 Å². The highest BCUT2D eigenvalue weighted by molar-refractivity contribution is 9.10. The molecule has 2 unspecified atom stereocenters. The fraction of sp³-hybridized carbons (Fsp3) is 0.692. The summed E-state index contributed by atoms with van der Waals surface area (Å²) >= 11 is 5.48. The SMILES string of the molecule is CCNCC1CCCN(C)C1c1cscc1Br. The van der Waals surface area contributed by atoms with Crippen LogP contribution in [0.3, 0.4) is 0 Å². The van der Waals surface area contributed by atoms with Gasteiger partial charge in [0, 0.05) is 15.9 Å². The maximum atomic E-state index is 3.69. The molecule has 0 saturated carbocycles. The number of nitrogens with zero attached hydrogens (tertiary/aromatic N) is 1. The summed E-state index contributed by atoms with van der Waals surface area (Å²) in [4.78, 5) is 2.51. The third-order valence-electron chi connectivity index (χ3n) is 3.62. The third-order valence-corrected chi connectivity index (χ3v) is 5.38. The van der Waals surface area contributed by atoms with Crippen molar-refractivity contribution < 1.29 is 0 Å². The second kappa shape index (κ2) is 6.32. The number of nitrogens with one attached hydrogen (secondary N) is 1. The van der Waals surface area contributed by atoms with Crippen molar-refractivity contribution in [1.82, 2.24) is 10.2 Å². The molecule has 96 valence electrons. The van der Waals surface area contributed by atoms with Crippen LogP contribution in [-0.4, -0.2) is 31.6 Å². The summed E-state index contributed by atoms with van der Waals surface area (Å²) in [6.07, 6.45) is 2.66. The molecule has 1 N–H and O–H groups in total. The molecular formula is C13H21BrN2S. The monoisotopic (exact) mass is 316 g/mol. The molecule has 2 nitrogen and oxygen atoms in total. The van der Waals surface area contributed by atoms with Crippen LogP contribution >= 0.6 is 27.3 Å². The Morgan fingerprint density at radius 1 is 1.53 bits per heavy atom. The Kier molecular flexibility index (Phi) is 5.03. The van der Waals surface area contributed by atoms with Crippen molar-refractivity contribution in [2.24, 2.45) is 5.92 Å². The van der Waals surface area contributed by atoms with Crippen LogP contribution < -0.4 is 5.32 Å². The van der Waals surface area contributed by atoms with E-state index in [1.165, 1.54) is 29.4 Å². The highest BCUT2D eigenvalue weighted by Gasteiger charge is 2.31. The first-order valence-corrected chi connectivity index (χ1v) is 8.10. The fourth-order valence-electron chi connectivity index (χ4n) is 2.80. The molecule has 2 rings (SSSR count). The van der Waals surface area contributed by atoms with E-state index in [0.29, 0.717) is 6.04 Å². The molecule has 1 aliphatic heterocycles. The minimum Gasteiger partial charge on any atom is -0.317 e. The second-order valence-electron chi connectivity index (χ2n) is 4.81. The maximum absolute atomic E-state index is 3.69. The second-order valence-corrected chi connectivity index (χ2v) is 6.41. The largest absolute Gasteiger partial charge is 0.317 e. The molecule has 0 spiro atoms. The summed E-state index contributed by atoms with van der Waals surface area (Å²) < 4.78 is 1.28. The van der Waals surface area contributed by atoms with Gasteiger partial charge in [-0.3, -0.25) is 4.90 Å². The van der Waals surface area contributed by atoms with Gasteiger partial charge in [0.05, 0.1) is 0 Å². The minimum atomic E-state index is 0.573. The Balaban J connectivity index is 2.16. The molecule has 1 aromatic heterocycles. The minimum absolute atomic E-state index is 0.573. The van der Waals surface area contributed by atoms with E-state index in [1.54, 1.807) is 11.3 Å². The van der Waals surface area contributed by atoms with Crippen LogP contribution in [0.1, 0.15) is 31.4 Å². The Hall–Kier alpha value is 0.100. The van der Waals surface area contributed by atoms with Crippen LogP contribution in [0.4, 0.5) is 0 Å². The zero-order valence-corrected chi connectivity index (χ0v) is 13.0. The van der Waals surface area contributed by atoms with Crippen molar-refractivity contribution in [2.45, 2.75) is 25.8 Å². The zero-order chi connectivity index (χ0) is 12.3.